The van der Waals surface area contributed by atoms with Gasteiger partial charge in [-0.1, -0.05) is 30.3 Å². The highest BCUT2D eigenvalue weighted by atomic mass is 16.5. The van der Waals surface area contributed by atoms with Gasteiger partial charge in [0.2, 0.25) is 0 Å². The maximum atomic E-state index is 12.4. The lowest BCUT2D eigenvalue weighted by atomic mass is 10.1. The van der Waals surface area contributed by atoms with Crippen LogP contribution in [0.3, 0.4) is 0 Å². The molecule has 4 rings (SSSR count). The number of hydrogen-bond donors (Lipinski definition) is 1. The highest BCUT2D eigenvalue weighted by Gasteiger charge is 2.40. The van der Waals surface area contributed by atoms with Gasteiger partial charge in [-0.25, -0.2) is 4.79 Å². The zero-order valence-electron chi connectivity index (χ0n) is 14.2. The summed E-state index contributed by atoms with van der Waals surface area (Å²) in [4.78, 5) is 16.8. The van der Waals surface area contributed by atoms with Gasteiger partial charge in [-0.3, -0.25) is 4.90 Å². The van der Waals surface area contributed by atoms with Crippen LogP contribution in [0.25, 0.3) is 0 Å². The number of urea groups is 1. The zero-order chi connectivity index (χ0) is 16.4. The molecule has 1 N–H and O–H groups in total. The third kappa shape index (κ3) is 3.73. The Morgan fingerprint density at radius 2 is 1.96 bits per heavy atom. The van der Waals surface area contributed by atoms with Gasteiger partial charge >= 0.3 is 6.03 Å². The van der Waals surface area contributed by atoms with Crippen molar-refractivity contribution in [3.8, 4) is 0 Å². The van der Waals surface area contributed by atoms with Crippen LogP contribution in [0.15, 0.2) is 30.3 Å². The lowest BCUT2D eigenvalue weighted by Crippen LogP contribution is -2.53. The molecular formula is C19H27N3O2. The predicted molar refractivity (Wildman–Crippen MR) is 93.1 cm³/mol. The monoisotopic (exact) mass is 329 g/mol. The van der Waals surface area contributed by atoms with Gasteiger partial charge in [0.25, 0.3) is 0 Å². The molecule has 1 saturated carbocycles. The van der Waals surface area contributed by atoms with E-state index in [9.17, 15) is 4.79 Å². The number of hydrogen-bond acceptors (Lipinski definition) is 3. The standard InChI is InChI=1S/C19H27N3O2/c23-19(20-18-13-17(18)15-5-2-1-3-6-15)22-10-8-21(9-11-22)14-16-7-4-12-24-16/h1-3,5-6,16-18H,4,7-14H2,(H,20,23)/t16-,17-,18+/m0/s1. The first kappa shape index (κ1) is 15.9. The fraction of sp³-hybridized carbons (Fsp3) is 0.632. The lowest BCUT2D eigenvalue weighted by Gasteiger charge is -2.35. The fourth-order valence-electron chi connectivity index (χ4n) is 3.88. The molecule has 0 aromatic heterocycles. The van der Waals surface area contributed by atoms with Gasteiger partial charge in [0.1, 0.15) is 0 Å². The second-order valence-corrected chi connectivity index (χ2v) is 7.23. The van der Waals surface area contributed by atoms with Crippen LogP contribution < -0.4 is 5.32 Å². The van der Waals surface area contributed by atoms with Gasteiger partial charge in [0.15, 0.2) is 0 Å². The van der Waals surface area contributed by atoms with E-state index >= 15 is 0 Å². The van der Waals surface area contributed by atoms with E-state index in [4.69, 9.17) is 4.74 Å². The molecule has 0 spiro atoms. The molecular weight excluding hydrogens is 302 g/mol. The van der Waals surface area contributed by atoms with E-state index in [1.54, 1.807) is 0 Å². The van der Waals surface area contributed by atoms with Crippen molar-refractivity contribution in [2.24, 2.45) is 0 Å². The number of carbonyl (C=O) groups is 1. The Balaban J connectivity index is 1.20. The largest absolute Gasteiger partial charge is 0.377 e. The molecule has 1 aromatic rings. The van der Waals surface area contributed by atoms with Crippen LogP contribution >= 0.6 is 0 Å². The minimum absolute atomic E-state index is 0.107. The van der Waals surface area contributed by atoms with E-state index in [0.29, 0.717) is 18.1 Å². The number of benzene rings is 1. The maximum absolute atomic E-state index is 12.4. The number of rotatable bonds is 4. The summed E-state index contributed by atoms with van der Waals surface area (Å²) >= 11 is 0. The predicted octanol–water partition coefficient (Wildman–Crippen LogP) is 2.05. The minimum atomic E-state index is 0.107. The molecule has 1 aromatic carbocycles. The molecule has 0 radical (unpaired) electrons. The Morgan fingerprint density at radius 3 is 2.67 bits per heavy atom. The third-order valence-electron chi connectivity index (χ3n) is 5.47. The topological polar surface area (TPSA) is 44.8 Å². The normalized spacial score (nSPS) is 30.3. The number of piperazine rings is 1. The molecule has 3 atom stereocenters. The van der Waals surface area contributed by atoms with Crippen LogP contribution in [0, 0.1) is 0 Å². The second kappa shape index (κ2) is 7.11. The van der Waals surface area contributed by atoms with E-state index in [0.717, 1.165) is 45.8 Å². The van der Waals surface area contributed by atoms with E-state index in [-0.39, 0.29) is 6.03 Å². The first-order chi connectivity index (χ1) is 11.8. The summed E-state index contributed by atoms with van der Waals surface area (Å²) in [7, 11) is 0. The van der Waals surface area contributed by atoms with Crippen LogP contribution in [0.2, 0.25) is 0 Å². The summed E-state index contributed by atoms with van der Waals surface area (Å²) in [6.45, 7) is 5.49. The summed E-state index contributed by atoms with van der Waals surface area (Å²) in [6.07, 6.45) is 3.85. The number of nitrogens with one attached hydrogen (secondary N) is 1. The van der Waals surface area contributed by atoms with Crippen molar-refractivity contribution in [1.82, 2.24) is 15.1 Å². The highest BCUT2D eigenvalue weighted by Crippen LogP contribution is 2.40. The van der Waals surface area contributed by atoms with Gasteiger partial charge in [-0.2, -0.15) is 0 Å². The Bertz CT molecular complexity index is 551. The lowest BCUT2D eigenvalue weighted by molar-refractivity contribution is 0.0561. The third-order valence-corrected chi connectivity index (χ3v) is 5.47. The van der Waals surface area contributed by atoms with Crippen molar-refractivity contribution in [3.63, 3.8) is 0 Å². The first-order valence-electron chi connectivity index (χ1n) is 9.24. The number of nitrogens with zero attached hydrogens (tertiary/aromatic N) is 2. The molecule has 0 bridgehead atoms. The molecule has 5 nitrogen and oxygen atoms in total. The summed E-state index contributed by atoms with van der Waals surface area (Å²) in [6, 6.07) is 10.9. The van der Waals surface area contributed by atoms with Crippen molar-refractivity contribution in [2.75, 3.05) is 39.3 Å². The zero-order valence-corrected chi connectivity index (χ0v) is 14.2. The molecule has 2 saturated heterocycles. The van der Waals surface area contributed by atoms with Gasteiger partial charge in [-0.05, 0) is 24.8 Å². The van der Waals surface area contributed by atoms with Crippen molar-refractivity contribution in [1.29, 1.82) is 0 Å². The highest BCUT2D eigenvalue weighted by molar-refractivity contribution is 5.75. The van der Waals surface area contributed by atoms with Crippen LogP contribution in [-0.2, 0) is 4.74 Å². The Morgan fingerprint density at radius 1 is 1.17 bits per heavy atom. The van der Waals surface area contributed by atoms with Crippen LogP contribution in [0.4, 0.5) is 4.79 Å². The maximum Gasteiger partial charge on any atom is 0.317 e. The van der Waals surface area contributed by atoms with Crippen molar-refractivity contribution < 1.29 is 9.53 Å². The summed E-state index contributed by atoms with van der Waals surface area (Å²) < 4.78 is 5.71. The molecule has 2 aliphatic heterocycles. The molecule has 130 valence electrons. The van der Waals surface area contributed by atoms with Crippen molar-refractivity contribution in [3.05, 3.63) is 35.9 Å². The molecule has 5 heteroatoms. The number of carbonyl (C=O) groups excluding carboxylic acids is 1. The molecule has 24 heavy (non-hydrogen) atoms. The van der Waals surface area contributed by atoms with Crippen molar-refractivity contribution in [2.45, 2.75) is 37.3 Å². The first-order valence-corrected chi connectivity index (χ1v) is 9.24. The smallest absolute Gasteiger partial charge is 0.317 e. The van der Waals surface area contributed by atoms with Gasteiger partial charge in [0.05, 0.1) is 6.10 Å². The van der Waals surface area contributed by atoms with E-state index in [1.165, 1.54) is 18.4 Å². The van der Waals surface area contributed by atoms with E-state index < -0.39 is 0 Å². The quantitative estimate of drug-likeness (QED) is 0.919. The molecule has 3 fully saturated rings. The SMILES string of the molecule is O=C(N[C@@H]1C[C@H]1c1ccccc1)N1CCN(C[C@@H]2CCCO2)CC1. The van der Waals surface area contributed by atoms with Gasteiger partial charge in [0, 0.05) is 51.3 Å². The average molecular weight is 329 g/mol. The van der Waals surface area contributed by atoms with Gasteiger partial charge in [-0.15, -0.1) is 0 Å². The Kier molecular flexibility index (Phi) is 4.72. The molecule has 2 amide bonds. The van der Waals surface area contributed by atoms with E-state index in [1.807, 2.05) is 11.0 Å². The second-order valence-electron chi connectivity index (χ2n) is 7.23. The summed E-state index contributed by atoms with van der Waals surface area (Å²) in [5.74, 6) is 0.496. The summed E-state index contributed by atoms with van der Waals surface area (Å²) in [5.41, 5.74) is 1.34. The molecule has 0 unspecified atom stereocenters. The van der Waals surface area contributed by atoms with Crippen LogP contribution in [0.1, 0.15) is 30.7 Å². The van der Waals surface area contributed by atoms with Gasteiger partial charge < -0.3 is 15.0 Å². The Labute approximate surface area is 144 Å². The van der Waals surface area contributed by atoms with Crippen LogP contribution in [0.5, 0.6) is 0 Å². The molecule has 3 aliphatic rings. The number of ether oxygens (including phenoxy) is 1. The Hall–Kier alpha value is -1.59. The van der Waals surface area contributed by atoms with Crippen molar-refractivity contribution >= 4 is 6.03 Å². The van der Waals surface area contributed by atoms with E-state index in [2.05, 4.69) is 34.5 Å². The fourth-order valence-corrected chi connectivity index (χ4v) is 3.88. The van der Waals surface area contributed by atoms with Crippen LogP contribution in [-0.4, -0.2) is 67.3 Å². The average Bonchev–Trinajstić information content (AvgIpc) is 3.19. The summed E-state index contributed by atoms with van der Waals surface area (Å²) in [5, 5.41) is 3.20. The molecule has 1 aliphatic carbocycles. The minimum Gasteiger partial charge on any atom is -0.377 e. The molecule has 2 heterocycles. The number of amides is 2.